The molecule has 0 bridgehead atoms. The lowest BCUT2D eigenvalue weighted by atomic mass is 9.84. The van der Waals surface area contributed by atoms with Gasteiger partial charge in [0, 0.05) is 21.6 Å². The molecule has 1 heterocycles. The third-order valence-corrected chi connectivity index (χ3v) is 5.53. The van der Waals surface area contributed by atoms with Crippen LogP contribution in [0.3, 0.4) is 0 Å². The minimum atomic E-state index is 0.0247. The van der Waals surface area contributed by atoms with Crippen LogP contribution in [-0.4, -0.2) is 29.6 Å². The van der Waals surface area contributed by atoms with Gasteiger partial charge in [0.05, 0.1) is 0 Å². The molecule has 1 saturated heterocycles. The first-order valence-corrected chi connectivity index (χ1v) is 8.42. The van der Waals surface area contributed by atoms with Gasteiger partial charge in [0.1, 0.15) is 0 Å². The highest BCUT2D eigenvalue weighted by Crippen LogP contribution is 2.31. The number of nitrogens with zero attached hydrogens (tertiary/aromatic N) is 1. The van der Waals surface area contributed by atoms with Crippen LogP contribution in [0.15, 0.2) is 18.2 Å². The summed E-state index contributed by atoms with van der Waals surface area (Å²) < 4.78 is 0. The molecule has 21 heavy (non-hydrogen) atoms. The molecule has 0 aromatic heterocycles. The summed E-state index contributed by atoms with van der Waals surface area (Å²) in [6.45, 7) is 6.81. The molecule has 1 aromatic rings. The summed E-state index contributed by atoms with van der Waals surface area (Å²) in [6, 6.07) is 5.74. The quantitative estimate of drug-likeness (QED) is 0.618. The maximum Gasteiger partial charge on any atom is 0.0439 e. The molecule has 0 amide bonds. The predicted octanol–water partition coefficient (Wildman–Crippen LogP) is 3.63. The van der Waals surface area contributed by atoms with Crippen LogP contribution in [0.4, 0.5) is 0 Å². The van der Waals surface area contributed by atoms with Crippen molar-refractivity contribution in [2.75, 3.05) is 13.1 Å². The number of halogens is 2. The monoisotopic (exact) mass is 329 g/mol. The van der Waals surface area contributed by atoms with Gasteiger partial charge in [0.15, 0.2) is 0 Å². The number of hydrogen-bond donors (Lipinski definition) is 2. The van der Waals surface area contributed by atoms with Crippen molar-refractivity contribution in [3.63, 3.8) is 0 Å². The second kappa shape index (κ2) is 7.30. The van der Waals surface area contributed by atoms with Gasteiger partial charge in [-0.3, -0.25) is 16.2 Å². The Morgan fingerprint density at radius 3 is 2.57 bits per heavy atom. The Balaban J connectivity index is 2.22. The summed E-state index contributed by atoms with van der Waals surface area (Å²) in [4.78, 5) is 2.55. The Morgan fingerprint density at radius 2 is 2.00 bits per heavy atom. The van der Waals surface area contributed by atoms with Gasteiger partial charge in [-0.25, -0.2) is 0 Å². The molecule has 0 radical (unpaired) electrons. The number of benzene rings is 1. The highest BCUT2D eigenvalue weighted by molar-refractivity contribution is 6.33. The van der Waals surface area contributed by atoms with Crippen molar-refractivity contribution in [1.29, 1.82) is 0 Å². The molecular weight excluding hydrogens is 305 g/mol. The van der Waals surface area contributed by atoms with E-state index in [4.69, 9.17) is 29.0 Å². The maximum atomic E-state index is 6.31. The van der Waals surface area contributed by atoms with Gasteiger partial charge in [-0.2, -0.15) is 0 Å². The van der Waals surface area contributed by atoms with Crippen molar-refractivity contribution in [2.45, 2.75) is 51.1 Å². The molecule has 0 saturated carbocycles. The fraction of sp³-hybridized carbons (Fsp3) is 0.625. The molecule has 1 aliphatic rings. The van der Waals surface area contributed by atoms with Gasteiger partial charge in [-0.05, 0) is 69.5 Å². The van der Waals surface area contributed by atoms with Crippen LogP contribution in [0, 0.1) is 0 Å². The molecule has 3 nitrogen and oxygen atoms in total. The Morgan fingerprint density at radius 1 is 1.33 bits per heavy atom. The second-order valence-electron chi connectivity index (χ2n) is 6.06. The summed E-state index contributed by atoms with van der Waals surface area (Å²) in [5, 5.41) is 1.46. The van der Waals surface area contributed by atoms with Gasteiger partial charge in [-0.15, -0.1) is 0 Å². The van der Waals surface area contributed by atoms with Gasteiger partial charge in [0.2, 0.25) is 0 Å². The van der Waals surface area contributed by atoms with E-state index in [-0.39, 0.29) is 11.6 Å². The van der Waals surface area contributed by atoms with Crippen molar-refractivity contribution in [2.24, 2.45) is 5.84 Å². The van der Waals surface area contributed by atoms with E-state index in [9.17, 15) is 0 Å². The van der Waals surface area contributed by atoms with Crippen LogP contribution in [0.2, 0.25) is 10.0 Å². The van der Waals surface area contributed by atoms with E-state index in [0.717, 1.165) is 36.5 Å². The summed E-state index contributed by atoms with van der Waals surface area (Å²) in [5.74, 6) is 5.89. The molecule has 118 valence electrons. The number of rotatable bonds is 6. The number of nitrogens with two attached hydrogens (primary N) is 1. The zero-order valence-electron chi connectivity index (χ0n) is 12.8. The lowest BCUT2D eigenvalue weighted by Crippen LogP contribution is -2.61. The molecule has 0 spiro atoms. The smallest absolute Gasteiger partial charge is 0.0439 e. The van der Waals surface area contributed by atoms with Crippen molar-refractivity contribution < 1.29 is 0 Å². The van der Waals surface area contributed by atoms with E-state index in [2.05, 4.69) is 24.2 Å². The molecule has 1 aliphatic heterocycles. The molecule has 2 atom stereocenters. The van der Waals surface area contributed by atoms with Crippen molar-refractivity contribution in [3.8, 4) is 0 Å². The van der Waals surface area contributed by atoms with E-state index >= 15 is 0 Å². The van der Waals surface area contributed by atoms with E-state index in [1.165, 1.54) is 12.8 Å². The minimum absolute atomic E-state index is 0.0247. The zero-order chi connectivity index (χ0) is 15.5. The number of likely N-dealkylation sites (tertiary alicyclic amines) is 1. The first-order valence-electron chi connectivity index (χ1n) is 7.66. The number of hydrazine groups is 1. The third-order valence-electron chi connectivity index (χ3n) is 4.93. The first-order chi connectivity index (χ1) is 10.0. The Labute approximate surface area is 137 Å². The van der Waals surface area contributed by atoms with Crippen LogP contribution in [0.25, 0.3) is 0 Å². The van der Waals surface area contributed by atoms with E-state index in [0.29, 0.717) is 5.02 Å². The average molecular weight is 330 g/mol. The van der Waals surface area contributed by atoms with Crippen molar-refractivity contribution in [1.82, 2.24) is 10.3 Å². The van der Waals surface area contributed by atoms with Gasteiger partial charge in [-0.1, -0.05) is 30.1 Å². The standard InChI is InChI=1S/C16H25Cl2N3/c1-3-16(2,21-8-4-5-9-21)15(20-19)11-12-10-13(17)6-7-14(12)18/h6-7,10,15,20H,3-5,8-9,11,19H2,1-2H3. The summed E-state index contributed by atoms with van der Waals surface area (Å²) >= 11 is 12.4. The first kappa shape index (κ1) is 17.0. The van der Waals surface area contributed by atoms with Gasteiger partial charge in [0.25, 0.3) is 0 Å². The Kier molecular flexibility index (Phi) is 5.92. The third kappa shape index (κ3) is 3.72. The predicted molar refractivity (Wildman–Crippen MR) is 90.8 cm³/mol. The average Bonchev–Trinajstić information content (AvgIpc) is 3.02. The van der Waals surface area contributed by atoms with Crippen molar-refractivity contribution >= 4 is 23.2 Å². The summed E-state index contributed by atoms with van der Waals surface area (Å²) in [6.07, 6.45) is 4.35. The van der Waals surface area contributed by atoms with E-state index < -0.39 is 0 Å². The molecule has 1 fully saturated rings. The fourth-order valence-electron chi connectivity index (χ4n) is 3.30. The second-order valence-corrected chi connectivity index (χ2v) is 6.91. The molecule has 0 aliphatic carbocycles. The summed E-state index contributed by atoms with van der Waals surface area (Å²) in [7, 11) is 0. The molecule has 2 rings (SSSR count). The lowest BCUT2D eigenvalue weighted by Gasteiger charge is -2.44. The minimum Gasteiger partial charge on any atom is -0.296 e. The highest BCUT2D eigenvalue weighted by Gasteiger charge is 2.39. The maximum absolute atomic E-state index is 6.31. The van der Waals surface area contributed by atoms with Crippen LogP contribution < -0.4 is 11.3 Å². The van der Waals surface area contributed by atoms with Crippen LogP contribution in [0.1, 0.15) is 38.7 Å². The molecule has 5 heteroatoms. The summed E-state index contributed by atoms with van der Waals surface area (Å²) in [5.41, 5.74) is 4.09. The Hall–Kier alpha value is -0.320. The van der Waals surface area contributed by atoms with Crippen molar-refractivity contribution in [3.05, 3.63) is 33.8 Å². The highest BCUT2D eigenvalue weighted by atomic mass is 35.5. The van der Waals surface area contributed by atoms with Gasteiger partial charge >= 0.3 is 0 Å². The fourth-order valence-corrected chi connectivity index (χ4v) is 3.69. The van der Waals surface area contributed by atoms with Crippen LogP contribution in [0.5, 0.6) is 0 Å². The van der Waals surface area contributed by atoms with E-state index in [1.54, 1.807) is 0 Å². The molecule has 1 aromatic carbocycles. The molecule has 3 N–H and O–H groups in total. The van der Waals surface area contributed by atoms with Gasteiger partial charge < -0.3 is 0 Å². The number of hydrogen-bond acceptors (Lipinski definition) is 3. The Bertz CT molecular complexity index is 475. The SMILES string of the molecule is CCC(C)(C(Cc1cc(Cl)ccc1Cl)NN)N1CCCC1. The number of nitrogens with one attached hydrogen (secondary N) is 1. The molecular formula is C16H25Cl2N3. The largest absolute Gasteiger partial charge is 0.296 e. The van der Waals surface area contributed by atoms with Crippen LogP contribution in [-0.2, 0) is 6.42 Å². The topological polar surface area (TPSA) is 41.3 Å². The normalized spacial score (nSPS) is 20.4. The van der Waals surface area contributed by atoms with E-state index in [1.807, 2.05) is 18.2 Å². The van der Waals surface area contributed by atoms with Crippen LogP contribution >= 0.6 is 23.2 Å². The molecule has 2 unspecified atom stereocenters. The zero-order valence-corrected chi connectivity index (χ0v) is 14.3. The lowest BCUT2D eigenvalue weighted by molar-refractivity contribution is 0.0841.